The van der Waals surface area contributed by atoms with Crippen LogP contribution in [0.2, 0.25) is 0 Å². The molecule has 0 aromatic carbocycles. The molecule has 0 saturated carbocycles. The lowest BCUT2D eigenvalue weighted by molar-refractivity contribution is -0.890. The number of quaternary nitrogens is 1. The van der Waals surface area contributed by atoms with Gasteiger partial charge in [-0.25, -0.2) is 0 Å². The lowest BCUT2D eigenvalue weighted by Crippen LogP contribution is -2.42. The third-order valence-corrected chi connectivity index (χ3v) is 2.19. The minimum absolute atomic E-state index is 0.218. The fourth-order valence-electron chi connectivity index (χ4n) is 1.30. The normalized spacial score (nSPS) is 11.4. The summed E-state index contributed by atoms with van der Waals surface area (Å²) < 4.78 is 5.85. The molecule has 0 bridgehead atoms. The van der Waals surface area contributed by atoms with Crippen LogP contribution in [0.25, 0.3) is 0 Å². The summed E-state index contributed by atoms with van der Waals surface area (Å²) in [4.78, 5) is 0. The molecule has 0 spiro atoms. The standard InChI is InChI=1S/C10H23N2O2/c1-4-14-10(11)6-5-7-12(2,3)8-9-13/h11,13H,4-9H2,1-3H3/q+1. The molecule has 0 aliphatic heterocycles. The number of ether oxygens (including phenoxy) is 1. The first kappa shape index (κ1) is 13.4. The Morgan fingerprint density at radius 1 is 1.36 bits per heavy atom. The highest BCUT2D eigenvalue weighted by molar-refractivity contribution is 5.72. The van der Waals surface area contributed by atoms with Crippen molar-refractivity contribution in [3.8, 4) is 0 Å². The molecular formula is C10H23N2O2+. The van der Waals surface area contributed by atoms with Crippen molar-refractivity contribution in [3.05, 3.63) is 0 Å². The largest absolute Gasteiger partial charge is 0.481 e. The van der Waals surface area contributed by atoms with Gasteiger partial charge in [0.25, 0.3) is 0 Å². The summed E-state index contributed by atoms with van der Waals surface area (Å²) in [6.07, 6.45) is 1.63. The Hall–Kier alpha value is -0.610. The molecule has 0 aliphatic rings. The van der Waals surface area contributed by atoms with Gasteiger partial charge in [-0.05, 0) is 6.92 Å². The smallest absolute Gasteiger partial charge is 0.180 e. The van der Waals surface area contributed by atoms with Crippen molar-refractivity contribution in [2.24, 2.45) is 0 Å². The maximum Gasteiger partial charge on any atom is 0.180 e. The number of nitrogens with zero attached hydrogens (tertiary/aromatic N) is 1. The van der Waals surface area contributed by atoms with Crippen molar-refractivity contribution in [2.45, 2.75) is 19.8 Å². The molecule has 4 nitrogen and oxygen atoms in total. The number of hydrogen-bond acceptors (Lipinski definition) is 3. The van der Waals surface area contributed by atoms with Gasteiger partial charge in [0.2, 0.25) is 0 Å². The second-order valence-electron chi connectivity index (χ2n) is 4.07. The molecule has 0 heterocycles. The molecule has 0 atom stereocenters. The minimum atomic E-state index is 0.218. The van der Waals surface area contributed by atoms with Gasteiger partial charge in [-0.3, -0.25) is 5.41 Å². The Balaban J connectivity index is 3.57. The van der Waals surface area contributed by atoms with E-state index in [0.29, 0.717) is 18.9 Å². The third-order valence-electron chi connectivity index (χ3n) is 2.19. The SMILES string of the molecule is CCOC(=N)CCC[N+](C)(C)CCO. The van der Waals surface area contributed by atoms with Crippen LogP contribution < -0.4 is 0 Å². The number of aliphatic hydroxyl groups is 1. The average Bonchev–Trinajstić information content (AvgIpc) is 2.03. The fourth-order valence-corrected chi connectivity index (χ4v) is 1.30. The van der Waals surface area contributed by atoms with Gasteiger partial charge >= 0.3 is 0 Å². The zero-order chi connectivity index (χ0) is 11.0. The highest BCUT2D eigenvalue weighted by Gasteiger charge is 2.13. The maximum absolute atomic E-state index is 8.81. The summed E-state index contributed by atoms with van der Waals surface area (Å²) >= 11 is 0. The van der Waals surface area contributed by atoms with E-state index in [2.05, 4.69) is 14.1 Å². The first-order valence-electron chi connectivity index (χ1n) is 5.15. The van der Waals surface area contributed by atoms with Gasteiger partial charge in [-0.1, -0.05) is 0 Å². The van der Waals surface area contributed by atoms with E-state index in [1.807, 2.05) is 6.92 Å². The van der Waals surface area contributed by atoms with Gasteiger partial charge in [0.05, 0.1) is 33.9 Å². The highest BCUT2D eigenvalue weighted by Crippen LogP contribution is 2.02. The van der Waals surface area contributed by atoms with E-state index < -0.39 is 0 Å². The van der Waals surface area contributed by atoms with Crippen LogP contribution in [-0.4, -0.2) is 55.9 Å². The molecule has 0 radical (unpaired) electrons. The molecule has 14 heavy (non-hydrogen) atoms. The molecule has 0 unspecified atom stereocenters. The van der Waals surface area contributed by atoms with Crippen LogP contribution in [0.15, 0.2) is 0 Å². The van der Waals surface area contributed by atoms with Gasteiger partial charge in [-0.15, -0.1) is 0 Å². The van der Waals surface area contributed by atoms with Crippen molar-refractivity contribution in [1.29, 1.82) is 5.41 Å². The van der Waals surface area contributed by atoms with Gasteiger partial charge in [-0.2, -0.15) is 0 Å². The Morgan fingerprint density at radius 3 is 2.50 bits per heavy atom. The van der Waals surface area contributed by atoms with Gasteiger partial charge in [0.15, 0.2) is 5.90 Å². The zero-order valence-corrected chi connectivity index (χ0v) is 9.55. The quantitative estimate of drug-likeness (QED) is 0.366. The second-order valence-corrected chi connectivity index (χ2v) is 4.07. The van der Waals surface area contributed by atoms with Crippen molar-refractivity contribution in [3.63, 3.8) is 0 Å². The Kier molecular flexibility index (Phi) is 6.49. The molecule has 0 saturated heterocycles. The van der Waals surface area contributed by atoms with Crippen molar-refractivity contribution in [1.82, 2.24) is 0 Å². The fraction of sp³-hybridized carbons (Fsp3) is 0.900. The summed E-state index contributed by atoms with van der Waals surface area (Å²) in [5, 5.41) is 16.2. The van der Waals surface area contributed by atoms with Crippen LogP contribution in [0.3, 0.4) is 0 Å². The molecule has 0 aromatic heterocycles. The molecule has 0 fully saturated rings. The topological polar surface area (TPSA) is 53.3 Å². The number of nitrogens with one attached hydrogen (secondary N) is 1. The van der Waals surface area contributed by atoms with Crippen molar-refractivity contribution < 1.29 is 14.3 Å². The Morgan fingerprint density at radius 2 is 2.00 bits per heavy atom. The number of hydrogen-bond donors (Lipinski definition) is 2. The van der Waals surface area contributed by atoms with Crippen LogP contribution in [0.4, 0.5) is 0 Å². The Bertz CT molecular complexity index is 170. The highest BCUT2D eigenvalue weighted by atomic mass is 16.5. The lowest BCUT2D eigenvalue weighted by Gasteiger charge is -2.28. The second kappa shape index (κ2) is 6.79. The van der Waals surface area contributed by atoms with E-state index in [0.717, 1.165) is 24.0 Å². The van der Waals surface area contributed by atoms with E-state index in [1.165, 1.54) is 0 Å². The van der Waals surface area contributed by atoms with Crippen LogP contribution in [0, 0.1) is 5.41 Å². The van der Waals surface area contributed by atoms with Crippen molar-refractivity contribution >= 4 is 5.90 Å². The molecule has 0 amide bonds. The molecule has 4 heteroatoms. The lowest BCUT2D eigenvalue weighted by atomic mass is 10.2. The molecule has 0 aliphatic carbocycles. The summed E-state index contributed by atoms with van der Waals surface area (Å²) in [6.45, 7) is 4.42. The summed E-state index contributed by atoms with van der Waals surface area (Å²) in [5.74, 6) is 0.372. The van der Waals surface area contributed by atoms with E-state index >= 15 is 0 Å². The molecule has 0 rings (SSSR count). The number of likely N-dealkylation sites (N-methyl/N-ethyl adjacent to an activating group) is 1. The summed E-state index contributed by atoms with van der Waals surface area (Å²) in [7, 11) is 4.17. The molecule has 2 N–H and O–H groups in total. The van der Waals surface area contributed by atoms with E-state index in [9.17, 15) is 0 Å². The van der Waals surface area contributed by atoms with Gasteiger partial charge < -0.3 is 14.3 Å². The molecule has 0 aromatic rings. The van der Waals surface area contributed by atoms with E-state index in [-0.39, 0.29) is 6.61 Å². The first-order chi connectivity index (χ1) is 6.52. The first-order valence-corrected chi connectivity index (χ1v) is 5.15. The van der Waals surface area contributed by atoms with Gasteiger partial charge in [0, 0.05) is 12.8 Å². The van der Waals surface area contributed by atoms with Crippen LogP contribution in [0.1, 0.15) is 19.8 Å². The monoisotopic (exact) mass is 203 g/mol. The molecule has 84 valence electrons. The van der Waals surface area contributed by atoms with E-state index in [4.69, 9.17) is 15.3 Å². The van der Waals surface area contributed by atoms with Crippen LogP contribution >= 0.6 is 0 Å². The minimum Gasteiger partial charge on any atom is -0.481 e. The summed E-state index contributed by atoms with van der Waals surface area (Å²) in [5.41, 5.74) is 0. The summed E-state index contributed by atoms with van der Waals surface area (Å²) in [6, 6.07) is 0. The predicted molar refractivity (Wildman–Crippen MR) is 57.5 cm³/mol. The van der Waals surface area contributed by atoms with Crippen LogP contribution in [0.5, 0.6) is 0 Å². The predicted octanol–water partition coefficient (Wildman–Crippen LogP) is 0.849. The molecular weight excluding hydrogens is 180 g/mol. The number of aliphatic hydroxyl groups excluding tert-OH is 1. The van der Waals surface area contributed by atoms with Crippen LogP contribution in [-0.2, 0) is 4.74 Å². The number of rotatable bonds is 7. The third kappa shape index (κ3) is 6.86. The van der Waals surface area contributed by atoms with E-state index in [1.54, 1.807) is 0 Å². The average molecular weight is 203 g/mol. The Labute approximate surface area is 86.6 Å². The maximum atomic E-state index is 8.81. The van der Waals surface area contributed by atoms with Crippen molar-refractivity contribution in [2.75, 3.05) is 40.4 Å². The van der Waals surface area contributed by atoms with Gasteiger partial charge in [0.1, 0.15) is 6.54 Å². The zero-order valence-electron chi connectivity index (χ0n) is 9.55.